The average molecular weight is 313 g/mol. The SMILES string of the molecule is CC(C)(CO)c1cc(Br)cc(C(F)(F)F)c1O. The Labute approximate surface area is 105 Å². The number of rotatable bonds is 2. The number of alkyl halides is 3. The molecule has 0 saturated heterocycles. The fourth-order valence-corrected chi connectivity index (χ4v) is 1.87. The molecule has 2 nitrogen and oxygen atoms in total. The van der Waals surface area contributed by atoms with Gasteiger partial charge in [-0.2, -0.15) is 13.2 Å². The van der Waals surface area contributed by atoms with Crippen molar-refractivity contribution in [1.82, 2.24) is 0 Å². The van der Waals surface area contributed by atoms with Crippen LogP contribution in [0.5, 0.6) is 5.75 Å². The third-order valence-electron chi connectivity index (χ3n) is 2.50. The highest BCUT2D eigenvalue weighted by molar-refractivity contribution is 9.10. The van der Waals surface area contributed by atoms with E-state index in [4.69, 9.17) is 5.11 Å². The normalized spacial score (nSPS) is 12.9. The van der Waals surface area contributed by atoms with E-state index in [9.17, 15) is 18.3 Å². The van der Waals surface area contributed by atoms with Crippen LogP contribution in [0.2, 0.25) is 0 Å². The Bertz CT molecular complexity index is 427. The van der Waals surface area contributed by atoms with Crippen molar-refractivity contribution < 1.29 is 23.4 Å². The lowest BCUT2D eigenvalue weighted by molar-refractivity contribution is -0.138. The van der Waals surface area contributed by atoms with Crippen LogP contribution in [0.15, 0.2) is 16.6 Å². The summed E-state index contributed by atoms with van der Waals surface area (Å²) in [6.07, 6.45) is -4.63. The van der Waals surface area contributed by atoms with Gasteiger partial charge in [0, 0.05) is 15.5 Å². The van der Waals surface area contributed by atoms with Crippen molar-refractivity contribution in [3.63, 3.8) is 0 Å². The Hall–Kier alpha value is -0.750. The lowest BCUT2D eigenvalue weighted by Gasteiger charge is -2.25. The molecular formula is C11H12BrF3O2. The van der Waals surface area contributed by atoms with Crippen molar-refractivity contribution in [1.29, 1.82) is 0 Å². The molecule has 0 spiro atoms. The topological polar surface area (TPSA) is 40.5 Å². The van der Waals surface area contributed by atoms with E-state index in [1.165, 1.54) is 6.07 Å². The van der Waals surface area contributed by atoms with E-state index in [0.29, 0.717) is 0 Å². The predicted octanol–water partition coefficient (Wildman–Crippen LogP) is 3.44. The van der Waals surface area contributed by atoms with Gasteiger partial charge in [-0.15, -0.1) is 0 Å². The average Bonchev–Trinajstić information content (AvgIpc) is 2.19. The van der Waals surface area contributed by atoms with Crippen LogP contribution in [0.3, 0.4) is 0 Å². The maximum Gasteiger partial charge on any atom is 0.420 e. The quantitative estimate of drug-likeness (QED) is 0.878. The number of hydrogen-bond donors (Lipinski definition) is 2. The molecule has 2 N–H and O–H groups in total. The van der Waals surface area contributed by atoms with E-state index in [1.807, 2.05) is 0 Å². The van der Waals surface area contributed by atoms with Crippen molar-refractivity contribution >= 4 is 15.9 Å². The number of aliphatic hydroxyl groups is 1. The molecule has 0 unspecified atom stereocenters. The summed E-state index contributed by atoms with van der Waals surface area (Å²) in [6.45, 7) is 2.73. The fourth-order valence-electron chi connectivity index (χ4n) is 1.42. The lowest BCUT2D eigenvalue weighted by Crippen LogP contribution is -2.23. The minimum Gasteiger partial charge on any atom is -0.507 e. The second kappa shape index (κ2) is 4.49. The molecule has 1 rings (SSSR count). The van der Waals surface area contributed by atoms with Crippen LogP contribution in [0.1, 0.15) is 25.0 Å². The van der Waals surface area contributed by atoms with Gasteiger partial charge in [-0.05, 0) is 12.1 Å². The van der Waals surface area contributed by atoms with E-state index < -0.39 is 22.9 Å². The van der Waals surface area contributed by atoms with Gasteiger partial charge in [0.1, 0.15) is 5.75 Å². The van der Waals surface area contributed by atoms with E-state index in [-0.39, 0.29) is 16.6 Å². The monoisotopic (exact) mass is 312 g/mol. The van der Waals surface area contributed by atoms with Crippen LogP contribution < -0.4 is 0 Å². The van der Waals surface area contributed by atoms with Crippen molar-refractivity contribution in [3.8, 4) is 5.75 Å². The molecule has 96 valence electrons. The Morgan fingerprint density at radius 1 is 1.18 bits per heavy atom. The van der Waals surface area contributed by atoms with Crippen LogP contribution in [0.25, 0.3) is 0 Å². The summed E-state index contributed by atoms with van der Waals surface area (Å²) in [4.78, 5) is 0. The van der Waals surface area contributed by atoms with E-state index in [2.05, 4.69) is 15.9 Å². The van der Waals surface area contributed by atoms with Crippen LogP contribution in [0, 0.1) is 0 Å². The molecule has 6 heteroatoms. The summed E-state index contributed by atoms with van der Waals surface area (Å²) in [7, 11) is 0. The standard InChI is InChI=1S/C11H12BrF3O2/c1-10(2,5-16)7-3-6(12)4-8(9(7)17)11(13,14)15/h3-4,16-17H,5H2,1-2H3. The molecule has 0 saturated carbocycles. The molecule has 1 aromatic carbocycles. The fraction of sp³-hybridized carbons (Fsp3) is 0.455. The summed E-state index contributed by atoms with van der Waals surface area (Å²) in [6, 6.07) is 2.19. The first-order chi connectivity index (χ1) is 7.59. The second-order valence-corrected chi connectivity index (χ2v) is 5.30. The first kappa shape index (κ1) is 14.3. The van der Waals surface area contributed by atoms with Crippen LogP contribution in [-0.4, -0.2) is 16.8 Å². The zero-order chi connectivity index (χ0) is 13.4. The zero-order valence-corrected chi connectivity index (χ0v) is 10.9. The molecule has 0 fully saturated rings. The van der Waals surface area contributed by atoms with E-state index in [1.54, 1.807) is 13.8 Å². The Balaban J connectivity index is 3.50. The zero-order valence-electron chi connectivity index (χ0n) is 9.27. The van der Waals surface area contributed by atoms with Crippen LogP contribution >= 0.6 is 15.9 Å². The van der Waals surface area contributed by atoms with Gasteiger partial charge < -0.3 is 10.2 Å². The van der Waals surface area contributed by atoms with Crippen molar-refractivity contribution in [3.05, 3.63) is 27.7 Å². The van der Waals surface area contributed by atoms with Gasteiger partial charge in [0.15, 0.2) is 0 Å². The molecule has 0 atom stereocenters. The first-order valence-electron chi connectivity index (χ1n) is 4.80. The van der Waals surface area contributed by atoms with Crippen LogP contribution in [-0.2, 0) is 11.6 Å². The molecule has 0 aliphatic carbocycles. The van der Waals surface area contributed by atoms with Crippen molar-refractivity contribution in [2.45, 2.75) is 25.4 Å². The summed E-state index contributed by atoms with van der Waals surface area (Å²) in [5, 5.41) is 18.8. The maximum absolute atomic E-state index is 12.7. The summed E-state index contributed by atoms with van der Waals surface area (Å²) < 4.78 is 38.2. The molecule has 0 aromatic heterocycles. The Morgan fingerprint density at radius 2 is 1.65 bits per heavy atom. The van der Waals surface area contributed by atoms with Crippen LogP contribution in [0.4, 0.5) is 13.2 Å². The highest BCUT2D eigenvalue weighted by Gasteiger charge is 2.37. The first-order valence-corrected chi connectivity index (χ1v) is 5.60. The molecule has 0 bridgehead atoms. The number of halogens is 4. The molecular weight excluding hydrogens is 301 g/mol. The predicted molar refractivity (Wildman–Crippen MR) is 60.9 cm³/mol. The molecule has 0 heterocycles. The van der Waals surface area contributed by atoms with Gasteiger partial charge in [-0.3, -0.25) is 0 Å². The molecule has 1 aromatic rings. The summed E-state index contributed by atoms with van der Waals surface area (Å²) in [5.74, 6) is -0.834. The van der Waals surface area contributed by atoms with Gasteiger partial charge in [0.2, 0.25) is 0 Å². The van der Waals surface area contributed by atoms with E-state index in [0.717, 1.165) is 6.07 Å². The molecule has 17 heavy (non-hydrogen) atoms. The summed E-state index contributed by atoms with van der Waals surface area (Å²) in [5.41, 5.74) is -2.00. The summed E-state index contributed by atoms with van der Waals surface area (Å²) >= 11 is 2.97. The molecule has 0 radical (unpaired) electrons. The van der Waals surface area contributed by atoms with Gasteiger partial charge in [0.05, 0.1) is 12.2 Å². The van der Waals surface area contributed by atoms with Crippen molar-refractivity contribution in [2.24, 2.45) is 0 Å². The van der Waals surface area contributed by atoms with E-state index >= 15 is 0 Å². The number of phenols is 1. The minimum atomic E-state index is -4.63. The Kier molecular flexibility index (Phi) is 3.78. The smallest absolute Gasteiger partial charge is 0.420 e. The lowest BCUT2D eigenvalue weighted by atomic mass is 9.84. The Morgan fingerprint density at radius 3 is 2.06 bits per heavy atom. The number of aliphatic hydroxyl groups excluding tert-OH is 1. The van der Waals surface area contributed by atoms with Gasteiger partial charge in [0.25, 0.3) is 0 Å². The van der Waals surface area contributed by atoms with Gasteiger partial charge >= 0.3 is 6.18 Å². The molecule has 0 aliphatic heterocycles. The maximum atomic E-state index is 12.7. The highest BCUT2D eigenvalue weighted by atomic mass is 79.9. The molecule has 0 amide bonds. The second-order valence-electron chi connectivity index (χ2n) is 4.39. The van der Waals surface area contributed by atoms with Gasteiger partial charge in [-0.1, -0.05) is 29.8 Å². The third kappa shape index (κ3) is 2.93. The minimum absolute atomic E-state index is 0.0571. The highest BCUT2D eigenvalue weighted by Crippen LogP contribution is 2.43. The number of benzene rings is 1. The third-order valence-corrected chi connectivity index (χ3v) is 2.96. The van der Waals surface area contributed by atoms with Gasteiger partial charge in [-0.25, -0.2) is 0 Å². The largest absolute Gasteiger partial charge is 0.507 e. The number of hydrogen-bond acceptors (Lipinski definition) is 2. The number of phenolic OH excluding ortho intramolecular Hbond substituents is 1. The van der Waals surface area contributed by atoms with Crippen molar-refractivity contribution in [2.75, 3.05) is 6.61 Å². The number of aromatic hydroxyl groups is 1. The molecule has 0 aliphatic rings.